The molecule has 218 valence electrons. The molecule has 0 saturated carbocycles. The van der Waals surface area contributed by atoms with E-state index in [4.69, 9.17) is 19.4 Å². The number of benzene rings is 3. The predicted molar refractivity (Wildman–Crippen MR) is 162 cm³/mol. The Morgan fingerprint density at radius 1 is 0.619 bits per heavy atom. The molecule has 5 rings (SSSR count). The first kappa shape index (κ1) is 29.0. The molecule has 0 unspecified atom stereocenters. The highest BCUT2D eigenvalue weighted by atomic mass is 16.6. The van der Waals surface area contributed by atoms with Crippen molar-refractivity contribution in [3.05, 3.63) is 96.1 Å². The summed E-state index contributed by atoms with van der Waals surface area (Å²) >= 11 is 0. The van der Waals surface area contributed by atoms with Crippen LogP contribution in [-0.2, 0) is 29.1 Å². The van der Waals surface area contributed by atoms with E-state index < -0.39 is 23.4 Å². The number of para-hydroxylation sites is 4. The van der Waals surface area contributed by atoms with Gasteiger partial charge < -0.3 is 9.47 Å². The summed E-state index contributed by atoms with van der Waals surface area (Å²) in [6.45, 7) is 12.1. The second-order valence-electron chi connectivity index (χ2n) is 12.3. The van der Waals surface area contributed by atoms with Crippen molar-refractivity contribution in [1.29, 1.82) is 0 Å². The molecule has 9 heteroatoms. The number of imidazole rings is 2. The van der Waals surface area contributed by atoms with Gasteiger partial charge in [0.1, 0.15) is 22.9 Å². The molecule has 2 aromatic heterocycles. The molecule has 9 nitrogen and oxygen atoms in total. The Hall–Kier alpha value is -4.50. The van der Waals surface area contributed by atoms with Gasteiger partial charge in [-0.25, -0.2) is 28.7 Å². The molecule has 0 aliphatic carbocycles. The predicted octanol–water partition coefficient (Wildman–Crippen LogP) is 7.15. The normalized spacial score (nSPS) is 12.3. The molecule has 0 atom stereocenters. The minimum absolute atomic E-state index is 0.292. The maximum Gasteiger partial charge on any atom is 0.420 e. The van der Waals surface area contributed by atoms with Gasteiger partial charge in [0.15, 0.2) is 0 Å². The van der Waals surface area contributed by atoms with Gasteiger partial charge in [-0.2, -0.15) is 0 Å². The van der Waals surface area contributed by atoms with Crippen LogP contribution in [0.4, 0.5) is 9.59 Å². The van der Waals surface area contributed by atoms with E-state index in [0.717, 1.165) is 5.56 Å². The Kier molecular flexibility index (Phi) is 7.88. The van der Waals surface area contributed by atoms with E-state index in [2.05, 4.69) is 4.90 Å². The Morgan fingerprint density at radius 3 is 1.45 bits per heavy atom. The molecule has 0 fully saturated rings. The maximum absolute atomic E-state index is 13.5. The van der Waals surface area contributed by atoms with Gasteiger partial charge in [-0.05, 0) is 71.4 Å². The average molecular weight is 568 g/mol. The van der Waals surface area contributed by atoms with Crippen molar-refractivity contribution < 1.29 is 19.1 Å². The van der Waals surface area contributed by atoms with Crippen LogP contribution in [0.2, 0.25) is 0 Å². The number of carbonyl (C=O) groups is 2. The number of nitrogens with zero attached hydrogens (tertiary/aromatic N) is 5. The zero-order chi connectivity index (χ0) is 30.1. The van der Waals surface area contributed by atoms with Crippen LogP contribution < -0.4 is 0 Å². The molecule has 42 heavy (non-hydrogen) atoms. The van der Waals surface area contributed by atoms with Crippen molar-refractivity contribution in [2.45, 2.75) is 72.4 Å². The summed E-state index contributed by atoms with van der Waals surface area (Å²) in [4.78, 5) is 38.7. The van der Waals surface area contributed by atoms with Crippen molar-refractivity contribution >= 4 is 34.3 Å². The van der Waals surface area contributed by atoms with Gasteiger partial charge in [0.05, 0.1) is 35.2 Å². The van der Waals surface area contributed by atoms with E-state index in [1.54, 1.807) is 0 Å². The molecule has 0 spiro atoms. The summed E-state index contributed by atoms with van der Waals surface area (Å²) in [5.74, 6) is 1.06. The number of carbonyl (C=O) groups excluding carboxylic acids is 2. The lowest BCUT2D eigenvalue weighted by Crippen LogP contribution is -2.32. The summed E-state index contributed by atoms with van der Waals surface area (Å²) in [7, 11) is 0. The zero-order valence-electron chi connectivity index (χ0n) is 25.0. The minimum Gasteiger partial charge on any atom is -0.443 e. The van der Waals surface area contributed by atoms with Gasteiger partial charge in [-0.3, -0.25) is 4.90 Å². The second kappa shape index (κ2) is 11.4. The number of hydrogen-bond donors (Lipinski definition) is 0. The van der Waals surface area contributed by atoms with Gasteiger partial charge in [-0.1, -0.05) is 54.6 Å². The van der Waals surface area contributed by atoms with E-state index in [-0.39, 0.29) is 0 Å². The molecule has 0 amide bonds. The standard InChI is InChI=1S/C33H37N5O4/c1-32(2,3)41-30(39)37-26-18-12-10-16-24(26)34-28(37)21-36(20-23-14-8-7-9-15-23)22-29-35-25-17-11-13-19-27(25)38(29)31(40)42-33(4,5)6/h7-19H,20-22H2,1-6H3. The first-order valence-electron chi connectivity index (χ1n) is 14.0. The summed E-state index contributed by atoms with van der Waals surface area (Å²) in [5, 5.41) is 0. The Morgan fingerprint density at radius 2 is 1.02 bits per heavy atom. The van der Waals surface area contributed by atoms with Gasteiger partial charge >= 0.3 is 12.2 Å². The topological polar surface area (TPSA) is 91.5 Å². The van der Waals surface area contributed by atoms with Crippen LogP contribution in [0.5, 0.6) is 0 Å². The van der Waals surface area contributed by atoms with Gasteiger partial charge in [0.2, 0.25) is 0 Å². The lowest BCUT2D eigenvalue weighted by molar-refractivity contribution is 0.0529. The largest absolute Gasteiger partial charge is 0.443 e. The summed E-state index contributed by atoms with van der Waals surface area (Å²) < 4.78 is 14.6. The van der Waals surface area contributed by atoms with Crippen molar-refractivity contribution in [1.82, 2.24) is 24.0 Å². The molecular formula is C33H37N5O4. The smallest absolute Gasteiger partial charge is 0.420 e. The Labute approximate surface area is 245 Å². The van der Waals surface area contributed by atoms with Crippen LogP contribution in [0, 0.1) is 0 Å². The fourth-order valence-corrected chi connectivity index (χ4v) is 4.80. The fraction of sp³-hybridized carbons (Fsp3) is 0.333. The van der Waals surface area contributed by atoms with Crippen molar-refractivity contribution in [3.8, 4) is 0 Å². The molecular weight excluding hydrogens is 530 g/mol. The number of rotatable bonds is 6. The van der Waals surface area contributed by atoms with E-state index in [9.17, 15) is 9.59 Å². The monoisotopic (exact) mass is 567 g/mol. The third-order valence-corrected chi connectivity index (χ3v) is 6.39. The number of aromatic nitrogens is 4. The maximum atomic E-state index is 13.5. The second-order valence-corrected chi connectivity index (χ2v) is 12.3. The molecule has 0 aliphatic rings. The van der Waals surface area contributed by atoms with Crippen LogP contribution in [0.15, 0.2) is 78.9 Å². The molecule has 3 aromatic carbocycles. The van der Waals surface area contributed by atoms with Crippen LogP contribution in [0.1, 0.15) is 58.8 Å². The van der Waals surface area contributed by atoms with Crippen molar-refractivity contribution in [3.63, 3.8) is 0 Å². The molecule has 0 radical (unpaired) electrons. The minimum atomic E-state index is -0.679. The van der Waals surface area contributed by atoms with E-state index in [1.807, 2.05) is 120 Å². The molecule has 2 heterocycles. The quantitative estimate of drug-likeness (QED) is 0.215. The molecule has 0 N–H and O–H groups in total. The van der Waals surface area contributed by atoms with Gasteiger partial charge in [0, 0.05) is 6.54 Å². The first-order valence-corrected chi connectivity index (χ1v) is 14.0. The van der Waals surface area contributed by atoms with Crippen LogP contribution >= 0.6 is 0 Å². The Balaban J connectivity index is 1.58. The highest BCUT2D eigenvalue weighted by Crippen LogP contribution is 2.24. The summed E-state index contributed by atoms with van der Waals surface area (Å²) in [6.07, 6.45) is -0.987. The SMILES string of the molecule is CC(C)(C)OC(=O)n1c(CN(Cc2ccccc2)Cc2nc3ccccc3n2C(=O)OC(C)(C)C)nc2ccccc21. The average Bonchev–Trinajstić information content (AvgIpc) is 3.44. The lowest BCUT2D eigenvalue weighted by atomic mass is 10.2. The summed E-state index contributed by atoms with van der Waals surface area (Å²) in [6, 6.07) is 25.0. The zero-order valence-corrected chi connectivity index (χ0v) is 25.0. The van der Waals surface area contributed by atoms with E-state index in [0.29, 0.717) is 53.3 Å². The first-order chi connectivity index (χ1) is 19.9. The van der Waals surface area contributed by atoms with Crippen LogP contribution in [-0.4, -0.2) is 47.4 Å². The molecule has 5 aromatic rings. The molecule has 0 saturated heterocycles. The van der Waals surface area contributed by atoms with Gasteiger partial charge in [0.25, 0.3) is 0 Å². The van der Waals surface area contributed by atoms with Crippen LogP contribution in [0.3, 0.4) is 0 Å². The number of hydrogen-bond acceptors (Lipinski definition) is 7. The Bertz CT molecular complexity index is 1620. The van der Waals surface area contributed by atoms with E-state index in [1.165, 1.54) is 9.13 Å². The highest BCUT2D eigenvalue weighted by Gasteiger charge is 2.27. The van der Waals surface area contributed by atoms with Crippen molar-refractivity contribution in [2.75, 3.05) is 0 Å². The fourth-order valence-electron chi connectivity index (χ4n) is 4.80. The highest BCUT2D eigenvalue weighted by molar-refractivity contribution is 5.88. The number of ether oxygens (including phenoxy) is 2. The lowest BCUT2D eigenvalue weighted by Gasteiger charge is -2.24. The van der Waals surface area contributed by atoms with Gasteiger partial charge in [-0.15, -0.1) is 0 Å². The van der Waals surface area contributed by atoms with Crippen molar-refractivity contribution in [2.24, 2.45) is 0 Å². The van der Waals surface area contributed by atoms with Crippen LogP contribution in [0.25, 0.3) is 22.1 Å². The summed E-state index contributed by atoms with van der Waals surface area (Å²) in [5.41, 5.74) is 2.43. The van der Waals surface area contributed by atoms with E-state index >= 15 is 0 Å². The molecule has 0 aliphatic heterocycles. The third kappa shape index (κ3) is 6.69. The number of fused-ring (bicyclic) bond motifs is 2. The molecule has 0 bridgehead atoms. The third-order valence-electron chi connectivity index (χ3n) is 6.39.